The Bertz CT molecular complexity index is 1140. The maximum atomic E-state index is 13.5. The highest BCUT2D eigenvalue weighted by Crippen LogP contribution is 2.30. The number of aliphatic hydroxyl groups excluding tert-OH is 1. The van der Waals surface area contributed by atoms with Gasteiger partial charge >= 0.3 is 0 Å². The van der Waals surface area contributed by atoms with Crippen molar-refractivity contribution in [2.24, 2.45) is 0 Å². The number of anilines is 1. The largest absolute Gasteiger partial charge is 0.393 e. The number of hydrogen-bond donors (Lipinski definition) is 2. The lowest BCUT2D eigenvalue weighted by molar-refractivity contribution is 0.102. The molecule has 0 saturated carbocycles. The minimum atomic E-state index is -3.84. The molecule has 1 amide bonds. The lowest BCUT2D eigenvalue weighted by Crippen LogP contribution is -2.40. The van der Waals surface area contributed by atoms with E-state index in [0.717, 1.165) is 12.1 Å². The molecule has 0 bridgehead atoms. The zero-order chi connectivity index (χ0) is 21.5. The maximum absolute atomic E-state index is 13.5. The van der Waals surface area contributed by atoms with E-state index >= 15 is 0 Å². The van der Waals surface area contributed by atoms with Gasteiger partial charge in [-0.25, -0.2) is 17.2 Å². The fourth-order valence-corrected chi connectivity index (χ4v) is 5.24. The Hall–Kier alpha value is -2.62. The molecular formula is C21H20F2N2O4S. The molecule has 158 valence electrons. The number of rotatable bonds is 4. The van der Waals surface area contributed by atoms with Gasteiger partial charge in [0.1, 0.15) is 0 Å². The van der Waals surface area contributed by atoms with Crippen LogP contribution in [0.2, 0.25) is 0 Å². The molecule has 2 aromatic rings. The van der Waals surface area contributed by atoms with Gasteiger partial charge in [-0.2, -0.15) is 4.31 Å². The van der Waals surface area contributed by atoms with Gasteiger partial charge in [0.25, 0.3) is 5.91 Å². The van der Waals surface area contributed by atoms with Crippen LogP contribution in [0.25, 0.3) is 6.08 Å². The topological polar surface area (TPSA) is 86.7 Å². The summed E-state index contributed by atoms with van der Waals surface area (Å²) in [6, 6.07) is 5.87. The van der Waals surface area contributed by atoms with Crippen molar-refractivity contribution >= 4 is 27.7 Å². The molecule has 0 radical (unpaired) electrons. The predicted molar refractivity (Wildman–Crippen MR) is 107 cm³/mol. The highest BCUT2D eigenvalue weighted by molar-refractivity contribution is 7.89. The van der Waals surface area contributed by atoms with Gasteiger partial charge in [-0.1, -0.05) is 12.2 Å². The van der Waals surface area contributed by atoms with E-state index in [-0.39, 0.29) is 29.2 Å². The van der Waals surface area contributed by atoms with Crippen LogP contribution < -0.4 is 5.32 Å². The molecule has 9 heteroatoms. The van der Waals surface area contributed by atoms with Gasteiger partial charge in [0.05, 0.1) is 11.0 Å². The summed E-state index contributed by atoms with van der Waals surface area (Å²) in [7, 11) is -3.84. The molecule has 1 fully saturated rings. The van der Waals surface area contributed by atoms with Gasteiger partial charge in [-0.15, -0.1) is 0 Å². The Morgan fingerprint density at radius 1 is 1.10 bits per heavy atom. The molecule has 1 aliphatic carbocycles. The maximum Gasteiger partial charge on any atom is 0.256 e. The number of allylic oxidation sites excluding steroid dienone is 1. The lowest BCUT2D eigenvalue weighted by Gasteiger charge is -2.29. The third-order valence-electron chi connectivity index (χ3n) is 5.34. The van der Waals surface area contributed by atoms with E-state index in [2.05, 4.69) is 5.32 Å². The van der Waals surface area contributed by atoms with E-state index < -0.39 is 33.7 Å². The first-order valence-corrected chi connectivity index (χ1v) is 11.0. The molecule has 4 rings (SSSR count). The molecule has 2 N–H and O–H groups in total. The first-order valence-electron chi connectivity index (χ1n) is 9.54. The molecule has 0 unspecified atom stereocenters. The Morgan fingerprint density at radius 2 is 1.83 bits per heavy atom. The number of fused-ring (bicyclic) bond motifs is 1. The van der Waals surface area contributed by atoms with Crippen LogP contribution in [0.3, 0.4) is 0 Å². The number of nitrogens with one attached hydrogen (secondary N) is 1. The number of piperidine rings is 1. The SMILES string of the molecule is O=C(Nc1ccc(F)c(F)c1)c1cc(S(=O)(=O)N2CCC(O)CC2)cc2c1C=CC2. The number of amides is 1. The first kappa shape index (κ1) is 20.6. The van der Waals surface area contributed by atoms with Crippen LogP contribution in [0.1, 0.15) is 34.3 Å². The number of carbonyl (C=O) groups is 1. The number of halogens is 2. The second kappa shape index (κ2) is 7.90. The Morgan fingerprint density at radius 3 is 2.53 bits per heavy atom. The highest BCUT2D eigenvalue weighted by Gasteiger charge is 2.31. The number of sulfonamides is 1. The van der Waals surface area contributed by atoms with Crippen LogP contribution in [-0.2, 0) is 16.4 Å². The summed E-state index contributed by atoms with van der Waals surface area (Å²) in [6.45, 7) is 0.407. The Balaban J connectivity index is 1.68. The summed E-state index contributed by atoms with van der Waals surface area (Å²) < 4.78 is 54.1. The summed E-state index contributed by atoms with van der Waals surface area (Å²) in [6.07, 6.45) is 4.25. The van der Waals surface area contributed by atoms with Gasteiger partial charge in [0.2, 0.25) is 10.0 Å². The summed E-state index contributed by atoms with van der Waals surface area (Å²) in [5.74, 6) is -2.74. The number of aliphatic hydroxyl groups is 1. The lowest BCUT2D eigenvalue weighted by atomic mass is 10.0. The fourth-order valence-electron chi connectivity index (χ4n) is 3.69. The van der Waals surface area contributed by atoms with Crippen LogP contribution in [0.4, 0.5) is 14.5 Å². The second-order valence-corrected chi connectivity index (χ2v) is 9.31. The molecule has 1 heterocycles. The summed E-state index contributed by atoms with van der Waals surface area (Å²) in [5.41, 5.74) is 1.50. The third-order valence-corrected chi connectivity index (χ3v) is 7.22. The molecular weight excluding hydrogens is 414 g/mol. The predicted octanol–water partition coefficient (Wildman–Crippen LogP) is 2.93. The molecule has 0 aromatic heterocycles. The number of hydrogen-bond acceptors (Lipinski definition) is 4. The molecule has 1 saturated heterocycles. The van der Waals surface area contributed by atoms with E-state index in [1.807, 2.05) is 6.08 Å². The second-order valence-electron chi connectivity index (χ2n) is 7.37. The van der Waals surface area contributed by atoms with E-state index in [4.69, 9.17) is 0 Å². The third kappa shape index (κ3) is 3.88. The summed E-state index contributed by atoms with van der Waals surface area (Å²) in [5, 5.41) is 12.1. The summed E-state index contributed by atoms with van der Waals surface area (Å²) >= 11 is 0. The first-order chi connectivity index (χ1) is 14.3. The van der Waals surface area contributed by atoms with Crippen molar-refractivity contribution in [2.75, 3.05) is 18.4 Å². The Labute approximate surface area is 172 Å². The molecule has 30 heavy (non-hydrogen) atoms. The average molecular weight is 434 g/mol. The number of benzene rings is 2. The van der Waals surface area contributed by atoms with Gasteiger partial charge in [-0.3, -0.25) is 4.79 Å². The van der Waals surface area contributed by atoms with Crippen LogP contribution >= 0.6 is 0 Å². The van der Waals surface area contributed by atoms with Gasteiger partial charge < -0.3 is 10.4 Å². The van der Waals surface area contributed by atoms with Crippen LogP contribution in [0.5, 0.6) is 0 Å². The molecule has 2 aromatic carbocycles. The standard InChI is InChI=1S/C21H20F2N2O4S/c22-19-5-4-14(11-20(19)23)24-21(27)18-12-16(10-13-2-1-3-17(13)18)30(28,29)25-8-6-15(26)7-9-25/h1,3-5,10-12,15,26H,2,6-9H2,(H,24,27). The number of nitrogens with zero attached hydrogens (tertiary/aromatic N) is 1. The van der Waals surface area contributed by atoms with Gasteiger partial charge in [0.15, 0.2) is 11.6 Å². The van der Waals surface area contributed by atoms with Crippen molar-refractivity contribution in [3.05, 3.63) is 64.7 Å². The van der Waals surface area contributed by atoms with Crippen LogP contribution in [0.15, 0.2) is 41.3 Å². The molecule has 2 aliphatic rings. The van der Waals surface area contributed by atoms with Crippen molar-refractivity contribution in [3.8, 4) is 0 Å². The molecule has 6 nitrogen and oxygen atoms in total. The van der Waals surface area contributed by atoms with E-state index in [1.165, 1.54) is 16.4 Å². The highest BCUT2D eigenvalue weighted by atomic mass is 32.2. The minimum absolute atomic E-state index is 0.00298. The monoisotopic (exact) mass is 434 g/mol. The average Bonchev–Trinajstić information content (AvgIpc) is 3.19. The number of carbonyl (C=O) groups excluding carboxylic acids is 1. The van der Waals surface area contributed by atoms with E-state index in [0.29, 0.717) is 30.4 Å². The summed E-state index contributed by atoms with van der Waals surface area (Å²) in [4.78, 5) is 12.9. The minimum Gasteiger partial charge on any atom is -0.393 e. The zero-order valence-electron chi connectivity index (χ0n) is 15.9. The smallest absolute Gasteiger partial charge is 0.256 e. The zero-order valence-corrected chi connectivity index (χ0v) is 16.8. The van der Waals surface area contributed by atoms with Crippen molar-refractivity contribution in [1.29, 1.82) is 0 Å². The fraction of sp³-hybridized carbons (Fsp3) is 0.286. The van der Waals surface area contributed by atoms with Crippen LogP contribution in [0, 0.1) is 11.6 Å². The van der Waals surface area contributed by atoms with E-state index in [9.17, 15) is 27.1 Å². The normalized spacial score (nSPS) is 17.2. The van der Waals surface area contributed by atoms with Crippen LogP contribution in [-0.4, -0.2) is 42.9 Å². The van der Waals surface area contributed by atoms with Gasteiger partial charge in [-0.05, 0) is 54.7 Å². The molecule has 0 spiro atoms. The van der Waals surface area contributed by atoms with Crippen molar-refractivity contribution in [3.63, 3.8) is 0 Å². The molecule has 0 atom stereocenters. The van der Waals surface area contributed by atoms with Crippen molar-refractivity contribution < 1.29 is 27.1 Å². The van der Waals surface area contributed by atoms with Crippen molar-refractivity contribution in [1.82, 2.24) is 4.31 Å². The quantitative estimate of drug-likeness (QED) is 0.775. The van der Waals surface area contributed by atoms with E-state index in [1.54, 1.807) is 12.1 Å². The molecule has 1 aliphatic heterocycles. The Kier molecular flexibility index (Phi) is 5.44. The van der Waals surface area contributed by atoms with Crippen molar-refractivity contribution in [2.45, 2.75) is 30.3 Å². The van der Waals surface area contributed by atoms with Gasteiger partial charge in [0, 0.05) is 30.4 Å².